The number of hydrogen-bond donors (Lipinski definition) is 7. The van der Waals surface area contributed by atoms with Crippen molar-refractivity contribution in [2.75, 3.05) is 26.4 Å². The highest BCUT2D eigenvalue weighted by Gasteiger charge is 2.00. The van der Waals surface area contributed by atoms with Gasteiger partial charge in [-0.05, 0) is 32.1 Å². The van der Waals surface area contributed by atoms with Crippen molar-refractivity contribution in [3.05, 3.63) is 12.2 Å². The van der Waals surface area contributed by atoms with E-state index in [1.807, 2.05) is 0 Å². The molecule has 0 rings (SSSR count). The van der Waals surface area contributed by atoms with E-state index < -0.39 is 12.1 Å². The number of aliphatic hydroxyl groups excluding tert-OH is 6. The Morgan fingerprint density at radius 3 is 1.77 bits per heavy atom. The molecule has 1 unspecified atom stereocenters. The van der Waals surface area contributed by atoms with Gasteiger partial charge in [0.1, 0.15) is 6.10 Å². The fourth-order valence-electron chi connectivity index (χ4n) is 2.42. The van der Waals surface area contributed by atoms with Crippen LogP contribution in [-0.4, -0.2) is 80.4 Å². The van der Waals surface area contributed by atoms with Crippen molar-refractivity contribution < 1.29 is 40.5 Å². The number of carboxylic acids is 1. The highest BCUT2D eigenvalue weighted by atomic mass is 16.4. The van der Waals surface area contributed by atoms with Gasteiger partial charge in [0.2, 0.25) is 0 Å². The van der Waals surface area contributed by atoms with Crippen molar-refractivity contribution in [3.63, 3.8) is 0 Å². The van der Waals surface area contributed by atoms with Crippen molar-refractivity contribution in [2.45, 2.75) is 103 Å². The molecular formula is C23H48O8. The highest BCUT2D eigenvalue weighted by Crippen LogP contribution is 2.10. The Labute approximate surface area is 188 Å². The lowest BCUT2D eigenvalue weighted by molar-refractivity contribution is -0.137. The molecule has 8 nitrogen and oxygen atoms in total. The van der Waals surface area contributed by atoms with E-state index in [2.05, 4.69) is 19.1 Å². The van der Waals surface area contributed by atoms with Gasteiger partial charge in [0.25, 0.3) is 0 Å². The first-order valence-corrected chi connectivity index (χ1v) is 11.6. The molecule has 0 saturated carbocycles. The van der Waals surface area contributed by atoms with E-state index in [9.17, 15) is 9.90 Å². The van der Waals surface area contributed by atoms with Gasteiger partial charge in [-0.1, -0.05) is 64.0 Å². The third-order valence-corrected chi connectivity index (χ3v) is 4.25. The topological polar surface area (TPSA) is 159 Å². The number of aliphatic hydroxyl groups is 6. The monoisotopic (exact) mass is 452 g/mol. The summed E-state index contributed by atoms with van der Waals surface area (Å²) < 4.78 is 0. The van der Waals surface area contributed by atoms with Gasteiger partial charge in [0, 0.05) is 6.42 Å². The van der Waals surface area contributed by atoms with E-state index in [1.165, 1.54) is 25.7 Å². The Balaban J connectivity index is -0.000000647. The number of rotatable bonds is 18. The summed E-state index contributed by atoms with van der Waals surface area (Å²) in [6.45, 7) is 1.22. The summed E-state index contributed by atoms with van der Waals surface area (Å²) in [5.74, 6) is -0.689. The number of hydrogen-bond acceptors (Lipinski definition) is 7. The molecule has 0 fully saturated rings. The van der Waals surface area contributed by atoms with Crippen LogP contribution in [0.3, 0.4) is 0 Å². The molecule has 0 heterocycles. The minimum absolute atomic E-state index is 0.125. The molecule has 0 aliphatic carbocycles. The molecule has 0 aromatic carbocycles. The van der Waals surface area contributed by atoms with Gasteiger partial charge in [0.15, 0.2) is 0 Å². The molecule has 188 valence electrons. The maximum absolute atomic E-state index is 10.3. The van der Waals surface area contributed by atoms with Crippen molar-refractivity contribution >= 4 is 5.97 Å². The van der Waals surface area contributed by atoms with Crippen LogP contribution in [0.5, 0.6) is 0 Å². The van der Waals surface area contributed by atoms with Crippen LogP contribution >= 0.6 is 0 Å². The van der Waals surface area contributed by atoms with Crippen molar-refractivity contribution in [1.29, 1.82) is 0 Å². The highest BCUT2D eigenvalue weighted by molar-refractivity contribution is 5.66. The summed E-state index contributed by atoms with van der Waals surface area (Å²) in [6.07, 6.45) is 16.4. The molecule has 0 aliphatic rings. The van der Waals surface area contributed by atoms with Crippen molar-refractivity contribution in [2.24, 2.45) is 0 Å². The van der Waals surface area contributed by atoms with Gasteiger partial charge in [-0.25, -0.2) is 0 Å². The van der Waals surface area contributed by atoms with Crippen LogP contribution in [0.1, 0.15) is 90.4 Å². The first kappa shape index (κ1) is 34.6. The summed E-state index contributed by atoms with van der Waals surface area (Å²) in [7, 11) is 0. The van der Waals surface area contributed by atoms with E-state index in [-0.39, 0.29) is 32.5 Å². The van der Waals surface area contributed by atoms with Gasteiger partial charge in [-0.15, -0.1) is 0 Å². The molecule has 0 aromatic rings. The van der Waals surface area contributed by atoms with Gasteiger partial charge < -0.3 is 35.7 Å². The van der Waals surface area contributed by atoms with Crippen LogP contribution in [-0.2, 0) is 4.79 Å². The number of carboxylic acid groups (broad SMARTS) is 1. The summed E-state index contributed by atoms with van der Waals surface area (Å²) in [5, 5.41) is 57.6. The van der Waals surface area contributed by atoms with Gasteiger partial charge in [-0.2, -0.15) is 0 Å². The zero-order valence-corrected chi connectivity index (χ0v) is 19.4. The first-order chi connectivity index (χ1) is 14.9. The SMILES string of the molecule is CCCCCCC(O)C/C=C\CCCCCCCC(=O)O.OCC(O)CO.OCCO. The molecule has 0 spiro atoms. The maximum Gasteiger partial charge on any atom is 0.303 e. The molecule has 1 atom stereocenters. The van der Waals surface area contributed by atoms with Crippen molar-refractivity contribution in [1.82, 2.24) is 0 Å². The maximum atomic E-state index is 10.3. The van der Waals surface area contributed by atoms with Gasteiger partial charge in [-0.3, -0.25) is 4.79 Å². The number of aliphatic carboxylic acids is 1. The summed E-state index contributed by atoms with van der Waals surface area (Å²) >= 11 is 0. The largest absolute Gasteiger partial charge is 0.481 e. The molecule has 8 heteroatoms. The Morgan fingerprint density at radius 2 is 1.29 bits per heavy atom. The van der Waals surface area contributed by atoms with Gasteiger partial charge >= 0.3 is 5.97 Å². The van der Waals surface area contributed by atoms with E-state index in [4.69, 9.17) is 30.6 Å². The lowest BCUT2D eigenvalue weighted by Crippen LogP contribution is -2.15. The molecule has 7 N–H and O–H groups in total. The Bertz CT molecular complexity index is 357. The number of allylic oxidation sites excluding steroid dienone is 1. The van der Waals surface area contributed by atoms with E-state index in [0.29, 0.717) is 6.42 Å². The molecule has 31 heavy (non-hydrogen) atoms. The second-order valence-corrected chi connectivity index (χ2v) is 7.38. The number of unbranched alkanes of at least 4 members (excludes halogenated alkanes) is 8. The Morgan fingerprint density at radius 1 is 0.742 bits per heavy atom. The predicted molar refractivity (Wildman–Crippen MR) is 123 cm³/mol. The molecule has 0 aromatic heterocycles. The average molecular weight is 453 g/mol. The van der Waals surface area contributed by atoms with Crippen molar-refractivity contribution in [3.8, 4) is 0 Å². The van der Waals surface area contributed by atoms with Crippen LogP contribution in [0.2, 0.25) is 0 Å². The summed E-state index contributed by atoms with van der Waals surface area (Å²) in [5.41, 5.74) is 0. The predicted octanol–water partition coefficient (Wildman–Crippen LogP) is 2.38. The fourth-order valence-corrected chi connectivity index (χ4v) is 2.42. The molecule has 0 bridgehead atoms. The summed E-state index contributed by atoms with van der Waals surface area (Å²) in [4.78, 5) is 10.3. The molecule has 0 radical (unpaired) electrons. The second-order valence-electron chi connectivity index (χ2n) is 7.38. The summed E-state index contributed by atoms with van der Waals surface area (Å²) in [6, 6.07) is 0. The third-order valence-electron chi connectivity index (χ3n) is 4.25. The van der Waals surface area contributed by atoms with E-state index in [0.717, 1.165) is 51.4 Å². The van der Waals surface area contributed by atoms with Crippen LogP contribution < -0.4 is 0 Å². The van der Waals surface area contributed by atoms with Gasteiger partial charge in [0.05, 0.1) is 32.5 Å². The minimum Gasteiger partial charge on any atom is -0.481 e. The zero-order valence-electron chi connectivity index (χ0n) is 19.4. The molecule has 0 saturated heterocycles. The fraction of sp³-hybridized carbons (Fsp3) is 0.870. The van der Waals surface area contributed by atoms with Crippen LogP contribution in [0.4, 0.5) is 0 Å². The smallest absolute Gasteiger partial charge is 0.303 e. The molecule has 0 aliphatic heterocycles. The Hall–Kier alpha value is -1.03. The van der Waals surface area contributed by atoms with Crippen LogP contribution in [0, 0.1) is 0 Å². The lowest BCUT2D eigenvalue weighted by Gasteiger charge is -2.07. The minimum atomic E-state index is -0.954. The second kappa shape index (κ2) is 31.2. The zero-order chi connectivity index (χ0) is 24.2. The van der Waals surface area contributed by atoms with Crippen LogP contribution in [0.15, 0.2) is 12.2 Å². The Kier molecular flexibility index (Phi) is 34.8. The van der Waals surface area contributed by atoms with E-state index in [1.54, 1.807) is 0 Å². The first-order valence-electron chi connectivity index (χ1n) is 11.6. The standard InChI is InChI=1S/C18H34O3.C3H8O3.C2H6O2/c1-2-3-4-11-14-17(19)15-12-9-7-5-6-8-10-13-16-18(20)21;4-1-3(6)2-5;3-1-2-4/h9,12,17,19H,2-8,10-11,13-16H2,1H3,(H,20,21);3-6H,1-2H2;3-4H,1-2H2/b12-9-;;. The number of carbonyl (C=O) groups is 1. The third kappa shape index (κ3) is 39.9. The van der Waals surface area contributed by atoms with E-state index >= 15 is 0 Å². The molecular weight excluding hydrogens is 404 g/mol. The molecule has 0 amide bonds. The quantitative estimate of drug-likeness (QED) is 0.123. The average Bonchev–Trinajstić information content (AvgIpc) is 2.77. The van der Waals surface area contributed by atoms with Crippen LogP contribution in [0.25, 0.3) is 0 Å². The normalized spacial score (nSPS) is 11.6. The lowest BCUT2D eigenvalue weighted by atomic mass is 10.1.